The molecule has 12 heavy (non-hydrogen) atoms. The molecule has 0 radical (unpaired) electrons. The summed E-state index contributed by atoms with van der Waals surface area (Å²) in [6, 6.07) is 0. The maximum atomic E-state index is 5.89. The van der Waals surface area contributed by atoms with Crippen LogP contribution in [0.1, 0.15) is 0 Å². The quantitative estimate of drug-likeness (QED) is 0.512. The van der Waals surface area contributed by atoms with Crippen LogP contribution in [0.3, 0.4) is 0 Å². The SMILES string of the molecule is C=CC(Cl)C(Cl)C(Cl)C=CCCl. The smallest absolute Gasteiger partial charge is 0.0733 e. The Balaban J connectivity index is 3.99. The molecule has 0 fully saturated rings. The average molecular weight is 248 g/mol. The van der Waals surface area contributed by atoms with Crippen LogP contribution in [-0.4, -0.2) is 22.0 Å². The van der Waals surface area contributed by atoms with Crippen LogP contribution in [0.2, 0.25) is 0 Å². The van der Waals surface area contributed by atoms with Gasteiger partial charge in [-0.2, -0.15) is 0 Å². The molecule has 0 N–H and O–H groups in total. The van der Waals surface area contributed by atoms with Gasteiger partial charge >= 0.3 is 0 Å². The summed E-state index contributed by atoms with van der Waals surface area (Å²) in [4.78, 5) is 0. The molecule has 3 atom stereocenters. The van der Waals surface area contributed by atoms with Crippen LogP contribution in [0.5, 0.6) is 0 Å². The fourth-order valence-electron chi connectivity index (χ4n) is 0.593. The van der Waals surface area contributed by atoms with E-state index < -0.39 is 0 Å². The summed E-state index contributed by atoms with van der Waals surface area (Å²) in [5, 5.41) is -0.995. The molecule has 0 aromatic heterocycles. The number of alkyl halides is 4. The van der Waals surface area contributed by atoms with E-state index >= 15 is 0 Å². The van der Waals surface area contributed by atoms with Crippen molar-refractivity contribution in [2.75, 3.05) is 5.88 Å². The van der Waals surface area contributed by atoms with Crippen LogP contribution in [0.25, 0.3) is 0 Å². The van der Waals surface area contributed by atoms with Crippen molar-refractivity contribution >= 4 is 46.4 Å². The Morgan fingerprint density at radius 2 is 1.75 bits per heavy atom. The third-order valence-electron chi connectivity index (χ3n) is 1.24. The van der Waals surface area contributed by atoms with Crippen molar-refractivity contribution in [3.8, 4) is 0 Å². The van der Waals surface area contributed by atoms with Crippen molar-refractivity contribution in [2.24, 2.45) is 0 Å². The molecule has 0 saturated carbocycles. The molecule has 0 saturated heterocycles. The highest BCUT2D eigenvalue weighted by atomic mass is 35.5. The third-order valence-corrected chi connectivity index (χ3v) is 3.09. The summed E-state index contributed by atoms with van der Waals surface area (Å²) in [5.41, 5.74) is 0. The van der Waals surface area contributed by atoms with E-state index in [0.717, 1.165) is 0 Å². The van der Waals surface area contributed by atoms with Gasteiger partial charge < -0.3 is 0 Å². The first kappa shape index (κ1) is 12.6. The highest BCUT2D eigenvalue weighted by molar-refractivity contribution is 6.36. The van der Waals surface area contributed by atoms with Gasteiger partial charge in [-0.1, -0.05) is 18.2 Å². The van der Waals surface area contributed by atoms with Gasteiger partial charge in [0.15, 0.2) is 0 Å². The van der Waals surface area contributed by atoms with Crippen LogP contribution in [0.4, 0.5) is 0 Å². The molecule has 3 unspecified atom stereocenters. The van der Waals surface area contributed by atoms with Gasteiger partial charge in [-0.15, -0.1) is 53.0 Å². The lowest BCUT2D eigenvalue weighted by molar-refractivity contribution is 0.893. The average Bonchev–Trinajstić information content (AvgIpc) is 2.11. The first-order valence-electron chi connectivity index (χ1n) is 3.41. The Morgan fingerprint density at radius 1 is 1.17 bits per heavy atom. The van der Waals surface area contributed by atoms with Crippen molar-refractivity contribution in [1.82, 2.24) is 0 Å². The number of halogens is 4. The van der Waals surface area contributed by atoms with E-state index in [1.807, 2.05) is 0 Å². The van der Waals surface area contributed by atoms with Crippen LogP contribution >= 0.6 is 46.4 Å². The second-order valence-corrected chi connectivity index (χ2v) is 3.97. The molecule has 0 aromatic rings. The van der Waals surface area contributed by atoms with E-state index in [4.69, 9.17) is 46.4 Å². The number of hydrogen-bond donors (Lipinski definition) is 0. The summed E-state index contributed by atoms with van der Waals surface area (Å²) < 4.78 is 0. The second kappa shape index (κ2) is 7.08. The van der Waals surface area contributed by atoms with Gasteiger partial charge in [0.2, 0.25) is 0 Å². The molecule has 0 aromatic carbocycles. The predicted molar refractivity (Wildman–Crippen MR) is 59.0 cm³/mol. The Labute approximate surface area is 93.1 Å². The maximum Gasteiger partial charge on any atom is 0.0733 e. The standard InChI is InChI=1S/C8H10Cl4/c1-2-6(10)8(12)7(11)4-3-5-9/h2-4,6-8H,1,5H2. The van der Waals surface area contributed by atoms with E-state index in [1.54, 1.807) is 18.2 Å². The molecule has 0 aliphatic rings. The Bertz CT molecular complexity index is 155. The minimum atomic E-state index is -0.356. The molecule has 0 rings (SSSR count). The molecule has 70 valence electrons. The lowest BCUT2D eigenvalue weighted by atomic mass is 10.2. The van der Waals surface area contributed by atoms with Crippen LogP contribution in [0, 0.1) is 0 Å². The Morgan fingerprint density at radius 3 is 2.17 bits per heavy atom. The highest BCUT2D eigenvalue weighted by Crippen LogP contribution is 2.20. The molecule has 0 nitrogen and oxygen atoms in total. The van der Waals surface area contributed by atoms with Gasteiger partial charge in [0.05, 0.1) is 16.1 Å². The molecular weight excluding hydrogens is 238 g/mol. The molecule has 0 amide bonds. The topological polar surface area (TPSA) is 0 Å². The number of rotatable bonds is 5. The van der Waals surface area contributed by atoms with E-state index in [2.05, 4.69) is 6.58 Å². The zero-order valence-corrected chi connectivity index (χ0v) is 9.41. The maximum absolute atomic E-state index is 5.89. The monoisotopic (exact) mass is 246 g/mol. The molecule has 0 spiro atoms. The first-order valence-corrected chi connectivity index (χ1v) is 5.25. The molecule has 0 aliphatic heterocycles. The molecular formula is C8H10Cl4. The molecule has 0 heterocycles. The van der Waals surface area contributed by atoms with Crippen LogP contribution in [-0.2, 0) is 0 Å². The lowest BCUT2D eigenvalue weighted by Crippen LogP contribution is -2.22. The minimum absolute atomic E-state index is 0.314. The lowest BCUT2D eigenvalue weighted by Gasteiger charge is -2.14. The summed E-state index contributed by atoms with van der Waals surface area (Å²) in [7, 11) is 0. The zero-order valence-electron chi connectivity index (χ0n) is 6.39. The van der Waals surface area contributed by atoms with Crippen molar-refractivity contribution in [2.45, 2.75) is 16.1 Å². The second-order valence-electron chi connectivity index (χ2n) is 2.15. The Kier molecular flexibility index (Phi) is 7.46. The van der Waals surface area contributed by atoms with E-state index in [9.17, 15) is 0 Å². The summed E-state index contributed by atoms with van der Waals surface area (Å²) >= 11 is 23.0. The minimum Gasteiger partial charge on any atom is -0.122 e. The molecule has 0 aliphatic carbocycles. The van der Waals surface area contributed by atoms with Gasteiger partial charge in [-0.25, -0.2) is 0 Å². The number of allylic oxidation sites excluding steroid dienone is 3. The third kappa shape index (κ3) is 4.61. The summed E-state index contributed by atoms with van der Waals surface area (Å²) in [5.74, 6) is 0.424. The largest absolute Gasteiger partial charge is 0.122 e. The fourth-order valence-corrected chi connectivity index (χ4v) is 1.37. The highest BCUT2D eigenvalue weighted by Gasteiger charge is 2.20. The van der Waals surface area contributed by atoms with Gasteiger partial charge in [-0.3, -0.25) is 0 Å². The van der Waals surface area contributed by atoms with E-state index in [-0.39, 0.29) is 16.1 Å². The zero-order chi connectivity index (χ0) is 9.56. The Hall–Kier alpha value is 0.640. The summed E-state index contributed by atoms with van der Waals surface area (Å²) in [6.07, 6.45) is 5.02. The van der Waals surface area contributed by atoms with E-state index in [0.29, 0.717) is 5.88 Å². The number of hydrogen-bond acceptors (Lipinski definition) is 0. The first-order chi connectivity index (χ1) is 5.63. The van der Waals surface area contributed by atoms with E-state index in [1.165, 1.54) is 0 Å². The predicted octanol–water partition coefficient (Wildman–Crippen LogP) is 3.79. The summed E-state index contributed by atoms with van der Waals surface area (Å²) in [6.45, 7) is 3.52. The fraction of sp³-hybridized carbons (Fsp3) is 0.500. The molecule has 4 heteroatoms. The van der Waals surface area contributed by atoms with Gasteiger partial charge in [0.1, 0.15) is 0 Å². The van der Waals surface area contributed by atoms with Crippen molar-refractivity contribution in [3.63, 3.8) is 0 Å². The van der Waals surface area contributed by atoms with Crippen molar-refractivity contribution in [1.29, 1.82) is 0 Å². The van der Waals surface area contributed by atoms with Crippen molar-refractivity contribution < 1.29 is 0 Å². The van der Waals surface area contributed by atoms with Crippen LogP contribution in [0.15, 0.2) is 24.8 Å². The van der Waals surface area contributed by atoms with Gasteiger partial charge in [0.25, 0.3) is 0 Å². The van der Waals surface area contributed by atoms with Crippen molar-refractivity contribution in [3.05, 3.63) is 24.8 Å². The van der Waals surface area contributed by atoms with Gasteiger partial charge in [0, 0.05) is 5.88 Å². The van der Waals surface area contributed by atoms with Crippen LogP contribution < -0.4 is 0 Å². The van der Waals surface area contributed by atoms with Gasteiger partial charge in [-0.05, 0) is 0 Å². The normalized spacial score (nSPS) is 19.0. The molecule has 0 bridgehead atoms.